The van der Waals surface area contributed by atoms with Gasteiger partial charge in [0, 0.05) is 5.71 Å². The lowest BCUT2D eigenvalue weighted by molar-refractivity contribution is -0.139. The van der Waals surface area contributed by atoms with Crippen molar-refractivity contribution in [3.05, 3.63) is 87.3 Å². The van der Waals surface area contributed by atoms with Crippen LogP contribution in [-0.2, 0) is 22.5 Å². The van der Waals surface area contributed by atoms with E-state index in [2.05, 4.69) is 10.1 Å². The van der Waals surface area contributed by atoms with Gasteiger partial charge in [-0.2, -0.15) is 0 Å². The Kier molecular flexibility index (Phi) is 6.01. The van der Waals surface area contributed by atoms with E-state index in [1.807, 2.05) is 0 Å². The van der Waals surface area contributed by atoms with Crippen LogP contribution < -0.4 is 5.56 Å². The molecule has 29 heavy (non-hydrogen) atoms. The summed E-state index contributed by atoms with van der Waals surface area (Å²) >= 11 is 0. The molecule has 150 valence electrons. The maximum atomic E-state index is 13.2. The zero-order valence-corrected chi connectivity index (χ0v) is 15.9. The highest BCUT2D eigenvalue weighted by Gasteiger charge is 2.20. The Balaban J connectivity index is 2.01. The highest BCUT2D eigenvalue weighted by molar-refractivity contribution is 6.00. The van der Waals surface area contributed by atoms with Crippen molar-refractivity contribution in [2.45, 2.75) is 19.9 Å². The van der Waals surface area contributed by atoms with E-state index in [1.54, 1.807) is 19.1 Å². The van der Waals surface area contributed by atoms with Crippen LogP contribution in [0.1, 0.15) is 23.7 Å². The van der Waals surface area contributed by atoms with Gasteiger partial charge in [0.2, 0.25) is 0 Å². The first-order chi connectivity index (χ1) is 13.9. The number of ether oxygens (including phenoxy) is 1. The number of nitrogens with zero attached hydrogens (tertiary/aromatic N) is 2. The minimum atomic E-state index is -0.523. The van der Waals surface area contributed by atoms with Gasteiger partial charge >= 0.3 is 5.97 Å². The maximum absolute atomic E-state index is 13.2. The van der Waals surface area contributed by atoms with Gasteiger partial charge in [0.15, 0.2) is 0 Å². The van der Waals surface area contributed by atoms with Gasteiger partial charge < -0.3 is 4.74 Å². The molecule has 0 amide bonds. The second-order valence-corrected chi connectivity index (χ2v) is 6.36. The largest absolute Gasteiger partial charge is 0.469 e. The Morgan fingerprint density at radius 3 is 2.24 bits per heavy atom. The molecule has 0 bridgehead atoms. The van der Waals surface area contributed by atoms with E-state index in [1.165, 1.54) is 48.2 Å². The molecular formula is C21H19F2N3O3. The van der Waals surface area contributed by atoms with Crippen molar-refractivity contribution in [2.75, 3.05) is 7.11 Å². The second-order valence-electron chi connectivity index (χ2n) is 6.36. The highest BCUT2D eigenvalue weighted by atomic mass is 19.1. The smallest absolute Gasteiger partial charge is 0.311 e. The number of hydrogen-bond donors (Lipinski definition) is 1. The van der Waals surface area contributed by atoms with Crippen molar-refractivity contribution < 1.29 is 18.3 Å². The summed E-state index contributed by atoms with van der Waals surface area (Å²) in [6.07, 6.45) is -0.154. The molecule has 0 unspecified atom stereocenters. The van der Waals surface area contributed by atoms with Gasteiger partial charge in [-0.05, 0) is 48.9 Å². The first-order valence-corrected chi connectivity index (χ1v) is 8.81. The maximum Gasteiger partial charge on any atom is 0.311 e. The minimum absolute atomic E-state index is 0.154. The van der Waals surface area contributed by atoms with Crippen molar-refractivity contribution in [2.24, 2.45) is 4.99 Å². The number of aromatic amines is 1. The number of benzene rings is 2. The lowest BCUT2D eigenvalue weighted by Gasteiger charge is -2.02. The van der Waals surface area contributed by atoms with Gasteiger partial charge in [0.1, 0.15) is 11.6 Å². The number of rotatable bonds is 6. The molecule has 2 aromatic carbocycles. The van der Waals surface area contributed by atoms with Gasteiger partial charge in [0.25, 0.3) is 5.56 Å². The summed E-state index contributed by atoms with van der Waals surface area (Å²) in [5, 5.41) is 2.89. The van der Waals surface area contributed by atoms with E-state index < -0.39 is 17.3 Å². The normalized spacial score (nSPS) is 11.5. The summed E-state index contributed by atoms with van der Waals surface area (Å²) in [6.45, 7) is 1.90. The topological polar surface area (TPSA) is 76.5 Å². The predicted molar refractivity (Wildman–Crippen MR) is 104 cm³/mol. The van der Waals surface area contributed by atoms with Crippen molar-refractivity contribution in [1.82, 2.24) is 9.78 Å². The molecule has 3 rings (SSSR count). The molecule has 1 N–H and O–H groups in total. The molecule has 0 radical (unpaired) electrons. The Bertz CT molecular complexity index is 1100. The van der Waals surface area contributed by atoms with Crippen LogP contribution >= 0.6 is 0 Å². The second kappa shape index (κ2) is 8.64. The average Bonchev–Trinajstić information content (AvgIpc) is 3.03. The van der Waals surface area contributed by atoms with Crippen LogP contribution in [0.3, 0.4) is 0 Å². The number of aromatic nitrogens is 2. The number of hydrogen-bond acceptors (Lipinski definition) is 4. The standard InChI is InChI=1S/C21H19F2N3O3/c1-13(24-12-14-3-5-15(22)6-4-14)20-18(11-19(27)29-2)25-26(21(20)28)17-9-7-16(23)8-10-17/h3-10,25H,11-12H2,1-2H3. The van der Waals surface area contributed by atoms with Crippen molar-refractivity contribution in [1.29, 1.82) is 0 Å². The number of carbonyl (C=O) groups is 1. The van der Waals surface area contributed by atoms with E-state index in [0.29, 0.717) is 17.1 Å². The summed E-state index contributed by atoms with van der Waals surface area (Å²) in [5.41, 5.74) is 1.76. The van der Waals surface area contributed by atoms with Crippen LogP contribution in [0.4, 0.5) is 8.78 Å². The third kappa shape index (κ3) is 4.66. The first-order valence-electron chi connectivity index (χ1n) is 8.81. The van der Waals surface area contributed by atoms with E-state index in [4.69, 9.17) is 4.74 Å². The number of halogens is 2. The molecule has 0 saturated carbocycles. The highest BCUT2D eigenvalue weighted by Crippen LogP contribution is 2.12. The average molecular weight is 399 g/mol. The summed E-state index contributed by atoms with van der Waals surface area (Å²) in [5.74, 6) is -1.30. The fourth-order valence-electron chi connectivity index (χ4n) is 2.85. The zero-order chi connectivity index (χ0) is 21.0. The number of aliphatic imine (C=N–C) groups is 1. The monoisotopic (exact) mass is 399 g/mol. The molecule has 0 aliphatic carbocycles. The molecule has 0 atom stereocenters. The van der Waals surface area contributed by atoms with Crippen molar-refractivity contribution in [3.63, 3.8) is 0 Å². The van der Waals surface area contributed by atoms with E-state index in [0.717, 1.165) is 5.56 Å². The van der Waals surface area contributed by atoms with Crippen LogP contribution in [0, 0.1) is 11.6 Å². The van der Waals surface area contributed by atoms with Gasteiger partial charge in [-0.25, -0.2) is 13.5 Å². The molecule has 1 heterocycles. The number of H-pyrrole nitrogens is 1. The Labute approximate surface area is 165 Å². The Morgan fingerprint density at radius 1 is 1.07 bits per heavy atom. The van der Waals surface area contributed by atoms with E-state index in [9.17, 15) is 18.4 Å². The molecule has 0 saturated heterocycles. The number of carbonyl (C=O) groups excluding carboxylic acids is 1. The summed E-state index contributed by atoms with van der Waals surface area (Å²) < 4.78 is 32.2. The van der Waals surface area contributed by atoms with Gasteiger partial charge in [-0.1, -0.05) is 12.1 Å². The zero-order valence-electron chi connectivity index (χ0n) is 15.9. The molecule has 0 spiro atoms. The third-order valence-corrected chi connectivity index (χ3v) is 4.37. The van der Waals surface area contributed by atoms with Crippen LogP contribution in [0.5, 0.6) is 0 Å². The molecule has 8 heteroatoms. The van der Waals surface area contributed by atoms with Crippen molar-refractivity contribution in [3.8, 4) is 5.69 Å². The summed E-state index contributed by atoms with van der Waals surface area (Å²) in [7, 11) is 1.26. The lowest BCUT2D eigenvalue weighted by atomic mass is 10.1. The lowest BCUT2D eigenvalue weighted by Crippen LogP contribution is -2.20. The Hall–Kier alpha value is -3.55. The number of methoxy groups -OCH3 is 1. The van der Waals surface area contributed by atoms with Crippen LogP contribution in [0.2, 0.25) is 0 Å². The van der Waals surface area contributed by atoms with Gasteiger partial charge in [-0.15, -0.1) is 0 Å². The van der Waals surface area contributed by atoms with E-state index in [-0.39, 0.29) is 24.3 Å². The Morgan fingerprint density at radius 2 is 1.66 bits per heavy atom. The molecule has 1 aromatic heterocycles. The van der Waals surface area contributed by atoms with Crippen LogP contribution in [0.15, 0.2) is 58.3 Å². The molecule has 0 aliphatic heterocycles. The first kappa shape index (κ1) is 20.2. The fourth-order valence-corrected chi connectivity index (χ4v) is 2.85. The molecular weight excluding hydrogens is 380 g/mol. The molecule has 0 aliphatic rings. The summed E-state index contributed by atoms with van der Waals surface area (Å²) in [6, 6.07) is 11.2. The fraction of sp³-hybridized carbons (Fsp3) is 0.190. The molecule has 0 fully saturated rings. The third-order valence-electron chi connectivity index (χ3n) is 4.37. The quantitative estimate of drug-likeness (QED) is 0.511. The number of nitrogens with one attached hydrogen (secondary N) is 1. The van der Waals surface area contributed by atoms with Crippen LogP contribution in [-0.4, -0.2) is 28.6 Å². The van der Waals surface area contributed by atoms with Gasteiger partial charge in [-0.3, -0.25) is 19.7 Å². The SMILES string of the molecule is COC(=O)Cc1[nH]n(-c2ccc(F)cc2)c(=O)c1C(C)=NCc1ccc(F)cc1. The van der Waals surface area contributed by atoms with E-state index >= 15 is 0 Å². The number of esters is 1. The summed E-state index contributed by atoms with van der Waals surface area (Å²) in [4.78, 5) is 29.2. The van der Waals surface area contributed by atoms with Gasteiger partial charge in [0.05, 0.1) is 37.0 Å². The molecule has 3 aromatic rings. The van der Waals surface area contributed by atoms with Crippen molar-refractivity contribution >= 4 is 11.7 Å². The van der Waals surface area contributed by atoms with Crippen LogP contribution in [0.25, 0.3) is 5.69 Å². The minimum Gasteiger partial charge on any atom is -0.469 e. The molecule has 6 nitrogen and oxygen atoms in total. The predicted octanol–water partition coefficient (Wildman–Crippen LogP) is 3.17.